The number of nitrogens with one attached hydrogen (secondary N) is 2. The number of hydrogen-bond acceptors (Lipinski definition) is 7. The van der Waals surface area contributed by atoms with Crippen molar-refractivity contribution in [2.45, 2.75) is 13.5 Å². The highest BCUT2D eigenvalue weighted by atomic mass is 16.5. The SMILES string of the molecule is CC(=O)Nc1ccc2c(COC(=O)c3ccc(NC(=O)c4ccco4)cc3)cc(=O)oc2c1. The van der Waals surface area contributed by atoms with E-state index in [1.54, 1.807) is 30.3 Å². The van der Waals surface area contributed by atoms with Crippen LogP contribution in [0, 0.1) is 0 Å². The van der Waals surface area contributed by atoms with Crippen molar-refractivity contribution in [3.8, 4) is 0 Å². The second kappa shape index (κ2) is 9.23. The fourth-order valence-electron chi connectivity index (χ4n) is 3.15. The molecule has 0 fully saturated rings. The topological polar surface area (TPSA) is 128 Å². The Labute approximate surface area is 187 Å². The van der Waals surface area contributed by atoms with Gasteiger partial charge in [0.1, 0.15) is 12.2 Å². The Balaban J connectivity index is 1.44. The molecule has 4 rings (SSSR count). The van der Waals surface area contributed by atoms with Crippen LogP contribution in [0.2, 0.25) is 0 Å². The summed E-state index contributed by atoms with van der Waals surface area (Å²) in [7, 11) is 0. The lowest BCUT2D eigenvalue weighted by atomic mass is 10.1. The van der Waals surface area contributed by atoms with Gasteiger partial charge < -0.3 is 24.2 Å². The summed E-state index contributed by atoms with van der Waals surface area (Å²) in [6.45, 7) is 1.22. The maximum Gasteiger partial charge on any atom is 0.338 e. The van der Waals surface area contributed by atoms with E-state index < -0.39 is 17.5 Å². The van der Waals surface area contributed by atoms with E-state index in [2.05, 4.69) is 10.6 Å². The Kier molecular flexibility index (Phi) is 6.03. The van der Waals surface area contributed by atoms with E-state index >= 15 is 0 Å². The summed E-state index contributed by atoms with van der Waals surface area (Å²) in [6, 6.07) is 15.4. The summed E-state index contributed by atoms with van der Waals surface area (Å²) in [4.78, 5) is 47.6. The molecule has 0 saturated carbocycles. The molecule has 0 radical (unpaired) electrons. The monoisotopic (exact) mass is 446 g/mol. The minimum Gasteiger partial charge on any atom is -0.459 e. The molecule has 33 heavy (non-hydrogen) atoms. The zero-order valence-corrected chi connectivity index (χ0v) is 17.4. The molecule has 0 unspecified atom stereocenters. The molecular formula is C24H18N2O7. The number of anilines is 2. The molecule has 0 saturated heterocycles. The maximum atomic E-state index is 12.5. The van der Waals surface area contributed by atoms with E-state index in [0.29, 0.717) is 22.3 Å². The lowest BCUT2D eigenvalue weighted by Crippen LogP contribution is -2.11. The van der Waals surface area contributed by atoms with Gasteiger partial charge in [0.25, 0.3) is 5.91 Å². The molecule has 0 aliphatic rings. The van der Waals surface area contributed by atoms with Crippen molar-refractivity contribution in [3.63, 3.8) is 0 Å². The fourth-order valence-corrected chi connectivity index (χ4v) is 3.15. The van der Waals surface area contributed by atoms with Crippen LogP contribution in [-0.2, 0) is 16.1 Å². The predicted molar refractivity (Wildman–Crippen MR) is 119 cm³/mol. The van der Waals surface area contributed by atoms with Crippen molar-refractivity contribution in [2.24, 2.45) is 0 Å². The number of hydrogen-bond donors (Lipinski definition) is 2. The Morgan fingerprint density at radius 2 is 1.70 bits per heavy atom. The molecule has 2 aromatic heterocycles. The Bertz CT molecular complexity index is 1390. The summed E-state index contributed by atoms with van der Waals surface area (Å²) >= 11 is 0. The first-order valence-electron chi connectivity index (χ1n) is 9.85. The Morgan fingerprint density at radius 1 is 0.939 bits per heavy atom. The predicted octanol–water partition coefficient (Wildman–Crippen LogP) is 3.95. The average Bonchev–Trinajstić information content (AvgIpc) is 3.32. The van der Waals surface area contributed by atoms with Gasteiger partial charge in [0.15, 0.2) is 5.76 Å². The van der Waals surface area contributed by atoms with Crippen LogP contribution in [0.1, 0.15) is 33.4 Å². The Morgan fingerprint density at radius 3 is 2.39 bits per heavy atom. The van der Waals surface area contributed by atoms with Gasteiger partial charge in [-0.25, -0.2) is 9.59 Å². The molecular weight excluding hydrogens is 428 g/mol. The van der Waals surface area contributed by atoms with Crippen molar-refractivity contribution in [2.75, 3.05) is 10.6 Å². The van der Waals surface area contributed by atoms with Crippen molar-refractivity contribution < 1.29 is 28.0 Å². The van der Waals surface area contributed by atoms with Crippen LogP contribution >= 0.6 is 0 Å². The number of benzene rings is 2. The molecule has 0 spiro atoms. The van der Waals surface area contributed by atoms with Crippen LogP contribution in [0.3, 0.4) is 0 Å². The molecule has 0 aliphatic heterocycles. The van der Waals surface area contributed by atoms with Gasteiger partial charge in [0.05, 0.1) is 11.8 Å². The second-order valence-corrected chi connectivity index (χ2v) is 7.07. The van der Waals surface area contributed by atoms with E-state index in [-0.39, 0.29) is 29.4 Å². The second-order valence-electron chi connectivity index (χ2n) is 7.07. The molecule has 2 aromatic carbocycles. The molecule has 0 aliphatic carbocycles. The minimum absolute atomic E-state index is 0.155. The summed E-state index contributed by atoms with van der Waals surface area (Å²) in [5.74, 6) is -1.10. The van der Waals surface area contributed by atoms with Gasteiger partial charge in [0, 0.05) is 41.4 Å². The van der Waals surface area contributed by atoms with Crippen molar-refractivity contribution in [1.82, 2.24) is 0 Å². The molecule has 9 heteroatoms. The van der Waals surface area contributed by atoms with Crippen LogP contribution in [0.25, 0.3) is 11.0 Å². The third-order valence-electron chi connectivity index (χ3n) is 4.63. The minimum atomic E-state index is -0.606. The van der Waals surface area contributed by atoms with Gasteiger partial charge in [-0.1, -0.05) is 0 Å². The third kappa shape index (κ3) is 5.16. The van der Waals surface area contributed by atoms with E-state index in [1.807, 2.05) is 0 Å². The summed E-state index contributed by atoms with van der Waals surface area (Å²) in [6.07, 6.45) is 1.40. The molecule has 9 nitrogen and oxygen atoms in total. The number of rotatable bonds is 6. The lowest BCUT2D eigenvalue weighted by molar-refractivity contribution is -0.114. The van der Waals surface area contributed by atoms with Crippen molar-refractivity contribution in [1.29, 1.82) is 0 Å². The van der Waals surface area contributed by atoms with Crippen LogP contribution in [0.4, 0.5) is 11.4 Å². The number of fused-ring (bicyclic) bond motifs is 1. The summed E-state index contributed by atoms with van der Waals surface area (Å²) in [5, 5.41) is 5.85. The third-order valence-corrected chi connectivity index (χ3v) is 4.63. The van der Waals surface area contributed by atoms with Crippen LogP contribution < -0.4 is 16.3 Å². The lowest BCUT2D eigenvalue weighted by Gasteiger charge is -2.09. The zero-order valence-electron chi connectivity index (χ0n) is 17.4. The zero-order chi connectivity index (χ0) is 23.4. The van der Waals surface area contributed by atoms with E-state index in [9.17, 15) is 19.2 Å². The smallest absolute Gasteiger partial charge is 0.338 e. The van der Waals surface area contributed by atoms with Gasteiger partial charge in [0.2, 0.25) is 5.91 Å². The number of carbonyl (C=O) groups is 3. The normalized spacial score (nSPS) is 10.6. The highest BCUT2D eigenvalue weighted by Gasteiger charge is 2.13. The average molecular weight is 446 g/mol. The molecule has 166 valence electrons. The van der Waals surface area contributed by atoms with Gasteiger partial charge in [-0.2, -0.15) is 0 Å². The van der Waals surface area contributed by atoms with E-state index in [1.165, 1.54) is 43.5 Å². The molecule has 2 N–H and O–H groups in total. The first-order valence-corrected chi connectivity index (χ1v) is 9.85. The first kappa shape index (κ1) is 21.6. The molecule has 0 atom stereocenters. The van der Waals surface area contributed by atoms with E-state index in [4.69, 9.17) is 13.6 Å². The first-order chi connectivity index (χ1) is 15.9. The Hall–Kier alpha value is -4.66. The quantitative estimate of drug-likeness (QED) is 0.339. The van der Waals surface area contributed by atoms with Gasteiger partial charge in [-0.3, -0.25) is 9.59 Å². The number of amides is 2. The van der Waals surface area contributed by atoms with Crippen LogP contribution in [0.15, 0.2) is 80.6 Å². The van der Waals surface area contributed by atoms with Crippen molar-refractivity contribution in [3.05, 3.63) is 94.2 Å². The van der Waals surface area contributed by atoms with Crippen molar-refractivity contribution >= 4 is 40.1 Å². The highest BCUT2D eigenvalue weighted by molar-refractivity contribution is 6.02. The number of ether oxygens (including phenoxy) is 1. The van der Waals surface area contributed by atoms with Gasteiger partial charge >= 0.3 is 11.6 Å². The maximum absolute atomic E-state index is 12.5. The summed E-state index contributed by atoms with van der Waals surface area (Å²) < 4.78 is 15.6. The highest BCUT2D eigenvalue weighted by Crippen LogP contribution is 2.22. The molecule has 2 amide bonds. The number of carbonyl (C=O) groups excluding carboxylic acids is 3. The van der Waals surface area contributed by atoms with Crippen LogP contribution in [0.5, 0.6) is 0 Å². The standard InChI is InChI=1S/C24H18N2O7/c1-14(27)25-18-8-9-19-16(11-22(28)33-21(19)12-18)13-32-24(30)15-4-6-17(7-5-15)26-23(29)20-3-2-10-31-20/h2-12H,13H2,1H3,(H,25,27)(H,26,29). The van der Waals surface area contributed by atoms with Gasteiger partial charge in [-0.05, 0) is 48.5 Å². The number of esters is 1. The molecule has 2 heterocycles. The molecule has 0 bridgehead atoms. The fraction of sp³-hybridized carbons (Fsp3) is 0.0833. The number of furan rings is 1. The van der Waals surface area contributed by atoms with E-state index in [0.717, 1.165) is 0 Å². The largest absolute Gasteiger partial charge is 0.459 e. The van der Waals surface area contributed by atoms with Crippen LogP contribution in [-0.4, -0.2) is 17.8 Å². The van der Waals surface area contributed by atoms with Gasteiger partial charge in [-0.15, -0.1) is 0 Å². The molecule has 4 aromatic rings. The summed E-state index contributed by atoms with van der Waals surface area (Å²) in [5.41, 5.74) is 1.35.